The quantitative estimate of drug-likeness (QED) is 0.778. The van der Waals surface area contributed by atoms with Gasteiger partial charge in [-0.3, -0.25) is 9.59 Å². The van der Waals surface area contributed by atoms with E-state index in [4.69, 9.17) is 16.3 Å². The van der Waals surface area contributed by atoms with Crippen molar-refractivity contribution in [3.63, 3.8) is 0 Å². The van der Waals surface area contributed by atoms with E-state index in [0.29, 0.717) is 30.2 Å². The van der Waals surface area contributed by atoms with Crippen LogP contribution in [0.2, 0.25) is 0 Å². The Hall–Kier alpha value is -2.79. The number of nitrogens with zero attached hydrogens (tertiary/aromatic N) is 1. The van der Waals surface area contributed by atoms with Crippen molar-refractivity contribution in [3.8, 4) is 5.75 Å². The lowest BCUT2D eigenvalue weighted by molar-refractivity contribution is -0.120. The summed E-state index contributed by atoms with van der Waals surface area (Å²) in [5.41, 5.74) is 2.08. The molecular weight excluding hydrogens is 352 g/mol. The minimum absolute atomic E-state index is 0.0507. The van der Waals surface area contributed by atoms with Gasteiger partial charge in [0, 0.05) is 0 Å². The second-order valence-electron chi connectivity index (χ2n) is 5.67. The summed E-state index contributed by atoms with van der Waals surface area (Å²) in [6.45, 7) is 4.32. The van der Waals surface area contributed by atoms with Gasteiger partial charge in [-0.05, 0) is 37.1 Å². The average Bonchev–Trinajstić information content (AvgIpc) is 2.87. The summed E-state index contributed by atoms with van der Waals surface area (Å²) in [6.07, 6.45) is 0.695. The number of rotatable bonds is 6. The Kier molecular flexibility index (Phi) is 5.28. The molecular formula is C20H19ClN2O3. The van der Waals surface area contributed by atoms with Gasteiger partial charge in [0.1, 0.15) is 16.5 Å². The van der Waals surface area contributed by atoms with E-state index in [9.17, 15) is 9.59 Å². The van der Waals surface area contributed by atoms with Crippen LogP contribution in [0.1, 0.15) is 19.4 Å². The van der Waals surface area contributed by atoms with Crippen LogP contribution in [-0.4, -0.2) is 18.4 Å². The molecule has 6 heteroatoms. The largest absolute Gasteiger partial charge is 0.492 e. The first kappa shape index (κ1) is 18.0. The van der Waals surface area contributed by atoms with Gasteiger partial charge in [-0.15, -0.1) is 0 Å². The molecule has 1 heterocycles. The first-order valence-electron chi connectivity index (χ1n) is 8.43. The maximum atomic E-state index is 12.9. The van der Waals surface area contributed by atoms with Crippen LogP contribution in [-0.2, 0) is 16.0 Å². The van der Waals surface area contributed by atoms with Crippen LogP contribution in [0.3, 0.4) is 0 Å². The normalized spacial score (nSPS) is 14.2. The standard InChI is InChI=1S/C20H19ClN2O3/c1-3-13-9-5-7-11-15(13)23-19(24)17(21)18(20(23)25)22-14-10-6-8-12-16(14)26-4-2/h5-12,22H,3-4H2,1-2H3. The highest BCUT2D eigenvalue weighted by molar-refractivity contribution is 6.53. The number of benzene rings is 2. The summed E-state index contributed by atoms with van der Waals surface area (Å²) in [6, 6.07) is 14.5. The third-order valence-electron chi connectivity index (χ3n) is 4.09. The molecule has 0 bridgehead atoms. The average molecular weight is 371 g/mol. The highest BCUT2D eigenvalue weighted by Crippen LogP contribution is 2.34. The van der Waals surface area contributed by atoms with E-state index in [2.05, 4.69) is 5.32 Å². The Morgan fingerprint density at radius 3 is 2.42 bits per heavy atom. The topological polar surface area (TPSA) is 58.6 Å². The van der Waals surface area contributed by atoms with Gasteiger partial charge >= 0.3 is 0 Å². The number of hydrogen-bond donors (Lipinski definition) is 1. The van der Waals surface area contributed by atoms with Gasteiger partial charge in [0.25, 0.3) is 11.8 Å². The van der Waals surface area contributed by atoms with Crippen molar-refractivity contribution < 1.29 is 14.3 Å². The number of para-hydroxylation sites is 3. The molecule has 1 aliphatic heterocycles. The summed E-state index contributed by atoms with van der Waals surface area (Å²) in [5, 5.41) is 2.84. The zero-order valence-corrected chi connectivity index (χ0v) is 15.3. The lowest BCUT2D eigenvalue weighted by Crippen LogP contribution is -2.33. The first-order chi connectivity index (χ1) is 12.6. The minimum Gasteiger partial charge on any atom is -0.492 e. The molecule has 0 atom stereocenters. The number of ether oxygens (including phenoxy) is 1. The number of halogens is 1. The number of nitrogens with one attached hydrogen (secondary N) is 1. The smallest absolute Gasteiger partial charge is 0.283 e. The maximum Gasteiger partial charge on any atom is 0.283 e. The van der Waals surface area contributed by atoms with Crippen LogP contribution in [0, 0.1) is 0 Å². The molecule has 1 aliphatic rings. The van der Waals surface area contributed by atoms with Gasteiger partial charge in [-0.1, -0.05) is 48.9 Å². The van der Waals surface area contributed by atoms with E-state index in [1.54, 1.807) is 24.3 Å². The van der Waals surface area contributed by atoms with E-state index in [0.717, 1.165) is 10.5 Å². The number of hydrogen-bond acceptors (Lipinski definition) is 4. The Bertz CT molecular complexity index is 892. The van der Waals surface area contributed by atoms with Gasteiger partial charge in [0.2, 0.25) is 0 Å². The van der Waals surface area contributed by atoms with Crippen LogP contribution in [0.5, 0.6) is 5.75 Å². The minimum atomic E-state index is -0.533. The second kappa shape index (κ2) is 7.62. The first-order valence-corrected chi connectivity index (χ1v) is 8.81. The van der Waals surface area contributed by atoms with E-state index < -0.39 is 11.8 Å². The molecule has 0 spiro atoms. The highest BCUT2D eigenvalue weighted by Gasteiger charge is 2.39. The molecule has 2 aromatic rings. The molecule has 2 aromatic carbocycles. The molecule has 26 heavy (non-hydrogen) atoms. The Labute approximate surface area is 157 Å². The molecule has 3 rings (SSSR count). The van der Waals surface area contributed by atoms with Crippen molar-refractivity contribution in [1.82, 2.24) is 0 Å². The summed E-state index contributed by atoms with van der Waals surface area (Å²) in [4.78, 5) is 26.7. The zero-order valence-electron chi connectivity index (χ0n) is 14.6. The fraction of sp³-hybridized carbons (Fsp3) is 0.200. The Balaban J connectivity index is 1.95. The van der Waals surface area contributed by atoms with Crippen molar-refractivity contribution in [2.75, 3.05) is 16.8 Å². The number of carbonyl (C=O) groups is 2. The van der Waals surface area contributed by atoms with Crippen molar-refractivity contribution in [3.05, 3.63) is 64.8 Å². The summed E-state index contributed by atoms with van der Waals surface area (Å²) in [5.74, 6) is -0.430. The molecule has 5 nitrogen and oxygen atoms in total. The summed E-state index contributed by atoms with van der Waals surface area (Å²) in [7, 11) is 0. The Morgan fingerprint density at radius 2 is 1.69 bits per heavy atom. The van der Waals surface area contributed by atoms with E-state index in [1.165, 1.54) is 0 Å². The Morgan fingerprint density at radius 1 is 1.00 bits per heavy atom. The molecule has 0 saturated carbocycles. The van der Waals surface area contributed by atoms with E-state index in [-0.39, 0.29) is 10.7 Å². The fourth-order valence-corrected chi connectivity index (χ4v) is 3.06. The second-order valence-corrected chi connectivity index (χ2v) is 6.05. The predicted octanol–water partition coefficient (Wildman–Crippen LogP) is 4.08. The lowest BCUT2D eigenvalue weighted by atomic mass is 10.1. The fourth-order valence-electron chi connectivity index (χ4n) is 2.84. The molecule has 0 unspecified atom stereocenters. The van der Waals surface area contributed by atoms with Crippen LogP contribution in [0.15, 0.2) is 59.3 Å². The third kappa shape index (κ3) is 3.18. The molecule has 0 saturated heterocycles. The number of aryl methyl sites for hydroxylation is 1. The monoisotopic (exact) mass is 370 g/mol. The van der Waals surface area contributed by atoms with E-state index >= 15 is 0 Å². The molecule has 0 fully saturated rings. The van der Waals surface area contributed by atoms with Crippen molar-refractivity contribution >= 4 is 34.8 Å². The lowest BCUT2D eigenvalue weighted by Gasteiger charge is -2.18. The molecule has 0 radical (unpaired) electrons. The van der Waals surface area contributed by atoms with Gasteiger partial charge in [-0.25, -0.2) is 4.90 Å². The van der Waals surface area contributed by atoms with Crippen LogP contribution in [0.25, 0.3) is 0 Å². The van der Waals surface area contributed by atoms with Crippen molar-refractivity contribution in [1.29, 1.82) is 0 Å². The molecule has 2 amide bonds. The number of carbonyl (C=O) groups excluding carboxylic acids is 2. The predicted molar refractivity (Wildman–Crippen MR) is 102 cm³/mol. The van der Waals surface area contributed by atoms with Crippen LogP contribution >= 0.6 is 11.6 Å². The van der Waals surface area contributed by atoms with E-state index in [1.807, 2.05) is 38.1 Å². The van der Waals surface area contributed by atoms with Gasteiger partial charge in [-0.2, -0.15) is 0 Å². The van der Waals surface area contributed by atoms with Gasteiger partial charge < -0.3 is 10.1 Å². The molecule has 0 aromatic heterocycles. The summed E-state index contributed by atoms with van der Waals surface area (Å²) < 4.78 is 5.55. The number of imide groups is 1. The van der Waals surface area contributed by atoms with Gasteiger partial charge in [0.05, 0.1) is 18.0 Å². The van der Waals surface area contributed by atoms with Crippen molar-refractivity contribution in [2.45, 2.75) is 20.3 Å². The van der Waals surface area contributed by atoms with Crippen LogP contribution < -0.4 is 15.0 Å². The SMILES string of the molecule is CCOc1ccccc1NC1=C(Cl)C(=O)N(c2ccccc2CC)C1=O. The number of amides is 2. The third-order valence-corrected chi connectivity index (χ3v) is 4.44. The van der Waals surface area contributed by atoms with Crippen LogP contribution in [0.4, 0.5) is 11.4 Å². The summed E-state index contributed by atoms with van der Waals surface area (Å²) >= 11 is 6.21. The molecule has 134 valence electrons. The number of anilines is 2. The zero-order chi connectivity index (χ0) is 18.7. The van der Waals surface area contributed by atoms with Crippen molar-refractivity contribution in [2.24, 2.45) is 0 Å². The molecule has 0 aliphatic carbocycles. The molecule has 1 N–H and O–H groups in total. The maximum absolute atomic E-state index is 12.9. The van der Waals surface area contributed by atoms with Gasteiger partial charge in [0.15, 0.2) is 0 Å². The highest BCUT2D eigenvalue weighted by atomic mass is 35.5.